The quantitative estimate of drug-likeness (QED) is 0.331. The molecule has 0 saturated carbocycles. The van der Waals surface area contributed by atoms with Gasteiger partial charge in [-0.3, -0.25) is 4.79 Å². The SMILES string of the molecule is CC/C=C\CC(O)C/C=C1/C(=O)C=CC1C/C=C\CCCC1=NN=CC1. The molecule has 2 unspecified atom stereocenters. The van der Waals surface area contributed by atoms with Crippen molar-refractivity contribution in [1.29, 1.82) is 0 Å². The van der Waals surface area contributed by atoms with Crippen molar-refractivity contribution < 1.29 is 9.90 Å². The Hall–Kier alpha value is -2.07. The Morgan fingerprint density at radius 2 is 2.15 bits per heavy atom. The van der Waals surface area contributed by atoms with Gasteiger partial charge in [0.05, 0.1) is 6.10 Å². The van der Waals surface area contributed by atoms with E-state index in [9.17, 15) is 9.90 Å². The minimum atomic E-state index is -0.419. The first-order valence-corrected chi connectivity index (χ1v) is 9.68. The van der Waals surface area contributed by atoms with E-state index in [1.54, 1.807) is 6.08 Å². The summed E-state index contributed by atoms with van der Waals surface area (Å²) in [7, 11) is 0. The highest BCUT2D eigenvalue weighted by atomic mass is 16.3. The molecule has 0 aromatic heterocycles. The highest BCUT2D eigenvalue weighted by molar-refractivity contribution is 6.07. The number of unbranched alkanes of at least 4 members (excludes halogenated alkanes) is 1. The summed E-state index contributed by atoms with van der Waals surface area (Å²) >= 11 is 0. The molecule has 0 spiro atoms. The van der Waals surface area contributed by atoms with Crippen LogP contribution in [-0.2, 0) is 4.79 Å². The predicted molar refractivity (Wildman–Crippen MR) is 109 cm³/mol. The molecule has 140 valence electrons. The van der Waals surface area contributed by atoms with E-state index in [0.29, 0.717) is 12.8 Å². The standard InChI is InChI=1S/C22H30N2O2/c1-2-3-6-11-20(25)13-14-21-18(12-15-22(21)26)9-7-4-5-8-10-19-16-17-23-24-19/h3-4,6-7,12,14-15,17-18,20,25H,2,5,8-11,13,16H2,1H3/b6-3-,7-4-,21-14+. The molecule has 0 saturated heterocycles. The number of rotatable bonds is 11. The minimum absolute atomic E-state index is 0.0824. The third-order valence-electron chi connectivity index (χ3n) is 4.58. The zero-order valence-electron chi connectivity index (χ0n) is 15.7. The summed E-state index contributed by atoms with van der Waals surface area (Å²) in [6.07, 6.45) is 22.4. The smallest absolute Gasteiger partial charge is 0.181 e. The molecule has 2 atom stereocenters. The Balaban J connectivity index is 1.71. The van der Waals surface area contributed by atoms with Crippen LogP contribution in [0.5, 0.6) is 0 Å². The van der Waals surface area contributed by atoms with Crippen molar-refractivity contribution >= 4 is 17.7 Å². The first-order valence-electron chi connectivity index (χ1n) is 9.68. The Kier molecular flexibility index (Phi) is 8.98. The monoisotopic (exact) mass is 354 g/mol. The van der Waals surface area contributed by atoms with E-state index >= 15 is 0 Å². The number of nitrogens with zero attached hydrogens (tertiary/aromatic N) is 2. The highest BCUT2D eigenvalue weighted by Crippen LogP contribution is 2.26. The van der Waals surface area contributed by atoms with Crippen molar-refractivity contribution in [3.63, 3.8) is 0 Å². The summed E-state index contributed by atoms with van der Waals surface area (Å²) < 4.78 is 0. The molecule has 1 aliphatic carbocycles. The van der Waals surface area contributed by atoms with Gasteiger partial charge < -0.3 is 5.11 Å². The maximum absolute atomic E-state index is 12.0. The number of ketones is 1. The lowest BCUT2D eigenvalue weighted by molar-refractivity contribution is -0.111. The fraction of sp³-hybridized carbons (Fsp3) is 0.500. The molecule has 0 fully saturated rings. The number of hydrogen-bond acceptors (Lipinski definition) is 4. The van der Waals surface area contributed by atoms with Crippen molar-refractivity contribution in [1.82, 2.24) is 0 Å². The van der Waals surface area contributed by atoms with E-state index in [4.69, 9.17) is 0 Å². The lowest BCUT2D eigenvalue weighted by atomic mass is 9.96. The Morgan fingerprint density at radius 3 is 2.92 bits per heavy atom. The van der Waals surface area contributed by atoms with Crippen LogP contribution in [0.15, 0.2) is 58.3 Å². The fourth-order valence-electron chi connectivity index (χ4n) is 3.07. The van der Waals surface area contributed by atoms with Crippen LogP contribution in [-0.4, -0.2) is 28.9 Å². The molecule has 2 aliphatic rings. The molecule has 0 aromatic rings. The maximum atomic E-state index is 12.0. The molecule has 1 aliphatic heterocycles. The lowest BCUT2D eigenvalue weighted by Crippen LogP contribution is -2.07. The van der Waals surface area contributed by atoms with Crippen LogP contribution in [0, 0.1) is 5.92 Å². The molecule has 2 rings (SSSR count). The maximum Gasteiger partial charge on any atom is 0.181 e. The number of allylic oxidation sites excluding steroid dienone is 6. The molecular weight excluding hydrogens is 324 g/mol. The van der Waals surface area contributed by atoms with Crippen LogP contribution in [0.3, 0.4) is 0 Å². The molecule has 0 amide bonds. The van der Waals surface area contributed by atoms with Crippen LogP contribution in [0.25, 0.3) is 0 Å². The average Bonchev–Trinajstić information content (AvgIpc) is 3.26. The van der Waals surface area contributed by atoms with Crippen LogP contribution >= 0.6 is 0 Å². The van der Waals surface area contributed by atoms with Gasteiger partial charge in [0.1, 0.15) is 0 Å². The molecule has 0 aromatic carbocycles. The highest BCUT2D eigenvalue weighted by Gasteiger charge is 2.21. The Labute approximate surface area is 156 Å². The summed E-state index contributed by atoms with van der Waals surface area (Å²) in [5.74, 6) is 0.226. The molecule has 4 nitrogen and oxygen atoms in total. The fourth-order valence-corrected chi connectivity index (χ4v) is 3.07. The molecule has 0 bridgehead atoms. The van der Waals surface area contributed by atoms with Gasteiger partial charge in [-0.05, 0) is 51.0 Å². The summed E-state index contributed by atoms with van der Waals surface area (Å²) in [4.78, 5) is 12.0. The van der Waals surface area contributed by atoms with Crippen LogP contribution < -0.4 is 0 Å². The van der Waals surface area contributed by atoms with E-state index in [1.807, 2.05) is 24.4 Å². The first kappa shape index (κ1) is 20.2. The van der Waals surface area contributed by atoms with E-state index in [-0.39, 0.29) is 11.7 Å². The Bertz CT molecular complexity index is 639. The normalized spacial score (nSPS) is 22.4. The van der Waals surface area contributed by atoms with Gasteiger partial charge in [-0.1, -0.05) is 43.4 Å². The molecule has 4 heteroatoms. The zero-order chi connectivity index (χ0) is 18.6. The van der Waals surface area contributed by atoms with Crippen molar-refractivity contribution in [3.8, 4) is 0 Å². The van der Waals surface area contributed by atoms with E-state index in [0.717, 1.165) is 44.1 Å². The largest absolute Gasteiger partial charge is 0.392 e. The molecule has 26 heavy (non-hydrogen) atoms. The predicted octanol–water partition coefficient (Wildman–Crippen LogP) is 4.72. The topological polar surface area (TPSA) is 62.0 Å². The van der Waals surface area contributed by atoms with E-state index < -0.39 is 6.10 Å². The molecule has 0 radical (unpaired) electrons. The van der Waals surface area contributed by atoms with E-state index in [1.165, 1.54) is 5.71 Å². The minimum Gasteiger partial charge on any atom is -0.392 e. The molecular formula is C22H30N2O2. The summed E-state index contributed by atoms with van der Waals surface area (Å²) in [5, 5.41) is 18.0. The zero-order valence-corrected chi connectivity index (χ0v) is 15.7. The Morgan fingerprint density at radius 1 is 1.27 bits per heavy atom. The molecule has 1 heterocycles. The van der Waals surface area contributed by atoms with Gasteiger partial charge in [-0.25, -0.2) is 0 Å². The second kappa shape index (κ2) is 11.5. The van der Waals surface area contributed by atoms with Gasteiger partial charge in [0.15, 0.2) is 5.78 Å². The summed E-state index contributed by atoms with van der Waals surface area (Å²) in [6.45, 7) is 2.07. The number of hydrogen-bond donors (Lipinski definition) is 1. The van der Waals surface area contributed by atoms with Gasteiger partial charge in [0.2, 0.25) is 0 Å². The van der Waals surface area contributed by atoms with Gasteiger partial charge in [0, 0.05) is 29.8 Å². The van der Waals surface area contributed by atoms with Crippen molar-refractivity contribution in [3.05, 3.63) is 48.1 Å². The second-order valence-corrected chi connectivity index (χ2v) is 6.76. The number of carbonyl (C=O) groups excluding carboxylic acids is 1. The average molecular weight is 354 g/mol. The first-order chi connectivity index (χ1) is 12.7. The van der Waals surface area contributed by atoms with Crippen LogP contribution in [0.1, 0.15) is 58.3 Å². The van der Waals surface area contributed by atoms with Gasteiger partial charge in [-0.15, -0.1) is 0 Å². The summed E-state index contributed by atoms with van der Waals surface area (Å²) in [5.41, 5.74) is 1.99. The van der Waals surface area contributed by atoms with Crippen molar-refractivity contribution in [2.24, 2.45) is 16.1 Å². The van der Waals surface area contributed by atoms with E-state index in [2.05, 4.69) is 35.4 Å². The lowest BCUT2D eigenvalue weighted by Gasteiger charge is -2.10. The number of aliphatic hydroxyl groups is 1. The van der Waals surface area contributed by atoms with Gasteiger partial charge in [-0.2, -0.15) is 10.2 Å². The van der Waals surface area contributed by atoms with Crippen molar-refractivity contribution in [2.45, 2.75) is 64.4 Å². The number of aliphatic hydroxyl groups excluding tert-OH is 1. The number of carbonyl (C=O) groups is 1. The molecule has 1 N–H and O–H groups in total. The van der Waals surface area contributed by atoms with Crippen molar-refractivity contribution in [2.75, 3.05) is 0 Å². The second-order valence-electron chi connectivity index (χ2n) is 6.76. The van der Waals surface area contributed by atoms with Gasteiger partial charge in [0.25, 0.3) is 0 Å². The summed E-state index contributed by atoms with van der Waals surface area (Å²) in [6, 6.07) is 0. The third kappa shape index (κ3) is 7.04. The van der Waals surface area contributed by atoms with Crippen LogP contribution in [0.2, 0.25) is 0 Å². The third-order valence-corrected chi connectivity index (χ3v) is 4.58. The van der Waals surface area contributed by atoms with Crippen LogP contribution in [0.4, 0.5) is 0 Å². The van der Waals surface area contributed by atoms with Gasteiger partial charge >= 0.3 is 0 Å².